The smallest absolute Gasteiger partial charge is 0.326 e. The van der Waals surface area contributed by atoms with E-state index in [4.69, 9.17) is 17.0 Å². The van der Waals surface area contributed by atoms with Gasteiger partial charge in [-0.15, -0.1) is 0 Å². The summed E-state index contributed by atoms with van der Waals surface area (Å²) in [6.45, 7) is 2.20. The second-order valence-electron chi connectivity index (χ2n) is 5.31. The number of nitrogens with zero attached hydrogens (tertiary/aromatic N) is 1. The van der Waals surface area contributed by atoms with Crippen LogP contribution in [-0.4, -0.2) is 56.0 Å². The molecule has 0 saturated carbocycles. The van der Waals surface area contributed by atoms with Gasteiger partial charge in [0.15, 0.2) is 11.5 Å². The lowest BCUT2D eigenvalue weighted by Crippen LogP contribution is -2.44. The molecule has 26 heavy (non-hydrogen) atoms. The van der Waals surface area contributed by atoms with Crippen molar-refractivity contribution in [2.45, 2.75) is 19.4 Å². The van der Waals surface area contributed by atoms with Crippen molar-refractivity contribution in [1.29, 1.82) is 0 Å². The first-order valence-electron chi connectivity index (χ1n) is 7.84. The first-order chi connectivity index (χ1) is 12.4. The molecule has 2 rings (SSSR count). The fraction of sp³-hybridized carbons (Fsp3) is 0.353. The summed E-state index contributed by atoms with van der Waals surface area (Å²) < 4.78 is 5.54. The summed E-state index contributed by atoms with van der Waals surface area (Å²) in [5.41, 5.74) is 0.410. The molecular formula is C17H19NO5S3. The molecule has 1 aromatic carbocycles. The van der Waals surface area contributed by atoms with Gasteiger partial charge >= 0.3 is 5.97 Å². The summed E-state index contributed by atoms with van der Waals surface area (Å²) in [7, 11) is 0. The fourth-order valence-electron chi connectivity index (χ4n) is 2.41. The SMILES string of the molecule is CCOc1cccc(/C=C2\SC(=S)N([C@H](CCSC)C(=O)O)C2=O)c1O. The van der Waals surface area contributed by atoms with Crippen LogP contribution < -0.4 is 4.74 Å². The van der Waals surface area contributed by atoms with E-state index in [2.05, 4.69) is 0 Å². The summed E-state index contributed by atoms with van der Waals surface area (Å²) >= 11 is 7.76. The molecule has 0 aliphatic carbocycles. The molecule has 1 atom stereocenters. The van der Waals surface area contributed by atoms with Crippen molar-refractivity contribution in [1.82, 2.24) is 4.90 Å². The van der Waals surface area contributed by atoms with E-state index in [9.17, 15) is 19.8 Å². The van der Waals surface area contributed by atoms with E-state index in [1.807, 2.05) is 6.26 Å². The number of thiocarbonyl (C=S) groups is 1. The normalized spacial score (nSPS) is 17.0. The molecule has 1 aliphatic heterocycles. The van der Waals surface area contributed by atoms with Crippen molar-refractivity contribution in [2.24, 2.45) is 0 Å². The van der Waals surface area contributed by atoms with Crippen molar-refractivity contribution in [2.75, 3.05) is 18.6 Å². The highest BCUT2D eigenvalue weighted by Crippen LogP contribution is 2.38. The third kappa shape index (κ3) is 4.52. The number of carboxylic acids is 1. The van der Waals surface area contributed by atoms with Crippen LogP contribution >= 0.6 is 35.7 Å². The quantitative estimate of drug-likeness (QED) is 0.496. The van der Waals surface area contributed by atoms with Crippen molar-refractivity contribution < 1.29 is 24.5 Å². The molecular weight excluding hydrogens is 394 g/mol. The van der Waals surface area contributed by atoms with Gasteiger partial charge in [-0.05, 0) is 37.5 Å². The molecule has 9 heteroatoms. The topological polar surface area (TPSA) is 87.1 Å². The molecule has 1 aromatic rings. The number of amides is 1. The lowest BCUT2D eigenvalue weighted by Gasteiger charge is -2.22. The van der Waals surface area contributed by atoms with Crippen molar-refractivity contribution in [3.8, 4) is 11.5 Å². The Morgan fingerprint density at radius 3 is 2.85 bits per heavy atom. The number of benzene rings is 1. The Kier molecular flexibility index (Phi) is 7.36. The minimum absolute atomic E-state index is 0.0724. The number of hydrogen-bond donors (Lipinski definition) is 2. The van der Waals surface area contributed by atoms with Crippen molar-refractivity contribution >= 4 is 58.0 Å². The van der Waals surface area contributed by atoms with Gasteiger partial charge in [0.05, 0.1) is 11.5 Å². The Hall–Kier alpha value is -1.71. The summed E-state index contributed by atoms with van der Waals surface area (Å²) in [6.07, 6.45) is 3.68. The Bertz CT molecular complexity index is 750. The maximum atomic E-state index is 12.7. The number of carboxylic acid groups (broad SMARTS) is 1. The monoisotopic (exact) mass is 413 g/mol. The molecule has 1 fully saturated rings. The van der Waals surface area contributed by atoms with E-state index in [-0.39, 0.29) is 15.0 Å². The molecule has 0 bridgehead atoms. The van der Waals surface area contributed by atoms with Gasteiger partial charge in [-0.3, -0.25) is 9.69 Å². The number of rotatable bonds is 8. The zero-order valence-electron chi connectivity index (χ0n) is 14.3. The minimum atomic E-state index is -1.09. The van der Waals surface area contributed by atoms with Gasteiger partial charge in [0.25, 0.3) is 5.91 Å². The number of aromatic hydroxyl groups is 1. The Morgan fingerprint density at radius 2 is 2.23 bits per heavy atom. The van der Waals surface area contributed by atoms with E-state index >= 15 is 0 Å². The van der Waals surface area contributed by atoms with Gasteiger partial charge in [-0.2, -0.15) is 11.8 Å². The van der Waals surface area contributed by atoms with Crippen LogP contribution in [0.2, 0.25) is 0 Å². The third-order valence-electron chi connectivity index (χ3n) is 3.63. The summed E-state index contributed by atoms with van der Waals surface area (Å²) in [4.78, 5) is 25.7. The number of carbonyl (C=O) groups excluding carboxylic acids is 1. The highest BCUT2D eigenvalue weighted by Gasteiger charge is 2.40. The van der Waals surface area contributed by atoms with Crippen LogP contribution in [0.15, 0.2) is 23.1 Å². The highest BCUT2D eigenvalue weighted by atomic mass is 32.2. The zero-order valence-corrected chi connectivity index (χ0v) is 16.7. The zero-order chi connectivity index (χ0) is 19.3. The predicted molar refractivity (Wildman–Crippen MR) is 109 cm³/mol. The molecule has 2 N–H and O–H groups in total. The molecule has 1 saturated heterocycles. The molecule has 0 aromatic heterocycles. The molecule has 6 nitrogen and oxygen atoms in total. The first-order valence-corrected chi connectivity index (χ1v) is 10.5. The summed E-state index contributed by atoms with van der Waals surface area (Å²) in [6, 6.07) is 3.98. The van der Waals surface area contributed by atoms with E-state index < -0.39 is 17.9 Å². The largest absolute Gasteiger partial charge is 0.504 e. The van der Waals surface area contributed by atoms with Crippen molar-refractivity contribution in [3.63, 3.8) is 0 Å². The standard InChI is InChI=1S/C17H19NO5S3/c1-3-23-12-6-4-5-10(14(12)19)9-13-15(20)18(17(24)26-13)11(16(21)22)7-8-25-2/h4-6,9,11,19H,3,7-8H2,1-2H3,(H,21,22)/b13-9-/t11-/m1/s1. The molecule has 0 spiro atoms. The van der Waals surface area contributed by atoms with Gasteiger partial charge < -0.3 is 14.9 Å². The summed E-state index contributed by atoms with van der Waals surface area (Å²) in [5, 5.41) is 19.7. The van der Waals surface area contributed by atoms with Gasteiger partial charge in [0.2, 0.25) is 0 Å². The number of carbonyl (C=O) groups is 2. The average molecular weight is 414 g/mol. The predicted octanol–water partition coefficient (Wildman–Crippen LogP) is 3.20. The maximum Gasteiger partial charge on any atom is 0.326 e. The Morgan fingerprint density at radius 1 is 1.50 bits per heavy atom. The molecule has 0 radical (unpaired) electrons. The Balaban J connectivity index is 2.32. The summed E-state index contributed by atoms with van der Waals surface area (Å²) in [5.74, 6) is -0.700. The molecule has 1 amide bonds. The second kappa shape index (κ2) is 9.29. The lowest BCUT2D eigenvalue weighted by molar-refractivity contribution is -0.145. The van der Waals surface area contributed by atoms with Crippen LogP contribution in [0.25, 0.3) is 6.08 Å². The average Bonchev–Trinajstić information content (AvgIpc) is 2.86. The van der Waals surface area contributed by atoms with E-state index in [1.165, 1.54) is 17.8 Å². The maximum absolute atomic E-state index is 12.7. The van der Waals surface area contributed by atoms with Gasteiger partial charge in [0, 0.05) is 5.56 Å². The van der Waals surface area contributed by atoms with Crippen LogP contribution in [0.5, 0.6) is 11.5 Å². The fourth-order valence-corrected chi connectivity index (χ4v) is 4.22. The Labute approximate surface area is 165 Å². The van der Waals surface area contributed by atoms with Gasteiger partial charge in [-0.1, -0.05) is 36.1 Å². The van der Waals surface area contributed by atoms with E-state index in [0.29, 0.717) is 30.1 Å². The second-order valence-corrected chi connectivity index (χ2v) is 7.98. The van der Waals surface area contributed by atoms with Crippen LogP contribution in [0.3, 0.4) is 0 Å². The van der Waals surface area contributed by atoms with Crippen LogP contribution in [0, 0.1) is 0 Å². The van der Waals surface area contributed by atoms with Gasteiger partial charge in [0.1, 0.15) is 10.4 Å². The number of aliphatic carboxylic acids is 1. The molecule has 1 aliphatic rings. The number of thioether (sulfide) groups is 2. The van der Waals surface area contributed by atoms with Crippen LogP contribution in [0.1, 0.15) is 18.9 Å². The highest BCUT2D eigenvalue weighted by molar-refractivity contribution is 8.26. The van der Waals surface area contributed by atoms with E-state index in [0.717, 1.165) is 16.7 Å². The van der Waals surface area contributed by atoms with Gasteiger partial charge in [-0.25, -0.2) is 4.79 Å². The molecule has 1 heterocycles. The number of ether oxygens (including phenoxy) is 1. The number of hydrogen-bond acceptors (Lipinski definition) is 7. The minimum Gasteiger partial charge on any atom is -0.504 e. The number of phenols is 1. The first kappa shape index (κ1) is 20.6. The third-order valence-corrected chi connectivity index (χ3v) is 5.61. The molecule has 140 valence electrons. The van der Waals surface area contributed by atoms with Crippen LogP contribution in [0.4, 0.5) is 0 Å². The van der Waals surface area contributed by atoms with E-state index in [1.54, 1.807) is 25.1 Å². The number of para-hydroxylation sites is 1. The lowest BCUT2D eigenvalue weighted by atomic mass is 10.1. The van der Waals surface area contributed by atoms with Crippen LogP contribution in [-0.2, 0) is 9.59 Å². The molecule has 0 unspecified atom stereocenters. The van der Waals surface area contributed by atoms with Crippen molar-refractivity contribution in [3.05, 3.63) is 28.7 Å². The number of phenolic OH excluding ortho intramolecular Hbond substituents is 1.